The molecule has 2 heterocycles. The normalized spacial score (nSPS) is 17.2. The zero-order chi connectivity index (χ0) is 45.4. The third-order valence-corrected chi connectivity index (χ3v) is 9.52. The summed E-state index contributed by atoms with van der Waals surface area (Å²) in [6.45, 7) is 24.5. The minimum atomic E-state index is -1.14. The van der Waals surface area contributed by atoms with E-state index in [4.69, 9.17) is 23.7 Å². The van der Waals surface area contributed by atoms with Crippen LogP contribution in [-0.2, 0) is 56.6 Å². The Morgan fingerprint density at radius 1 is 0.700 bits per heavy atom. The molecule has 0 aliphatic carbocycles. The van der Waals surface area contributed by atoms with Crippen LogP contribution in [-0.4, -0.2) is 100.0 Å². The number of hydrogen-bond acceptors (Lipinski definition) is 14. The van der Waals surface area contributed by atoms with Crippen LogP contribution in [0, 0.1) is 10.1 Å². The predicted octanol–water partition coefficient (Wildman–Crippen LogP) is 7.10. The summed E-state index contributed by atoms with van der Waals surface area (Å²) in [5.74, 6) is -1.76. The number of esters is 4. The molecule has 0 amide bonds. The van der Waals surface area contributed by atoms with Crippen LogP contribution in [0.1, 0.15) is 119 Å². The van der Waals surface area contributed by atoms with E-state index < -0.39 is 62.3 Å². The summed E-state index contributed by atoms with van der Waals surface area (Å²) in [7, 11) is 1.90. The molecule has 2 aromatic carbocycles. The summed E-state index contributed by atoms with van der Waals surface area (Å²) < 4.78 is 29.4. The minimum Gasteiger partial charge on any atom is -0.462 e. The summed E-state index contributed by atoms with van der Waals surface area (Å²) in [5, 5.41) is 12.2. The maximum atomic E-state index is 13.1. The largest absolute Gasteiger partial charge is 0.462 e. The lowest BCUT2D eigenvalue weighted by Crippen LogP contribution is -2.58. The molecule has 0 saturated heterocycles. The van der Waals surface area contributed by atoms with E-state index in [1.165, 1.54) is 17.0 Å². The molecular weight excluding hydrogens is 773 g/mol. The van der Waals surface area contributed by atoms with E-state index in [0.717, 1.165) is 16.8 Å². The fourth-order valence-corrected chi connectivity index (χ4v) is 7.41. The molecule has 60 heavy (non-hydrogen) atoms. The van der Waals surface area contributed by atoms with Crippen molar-refractivity contribution in [1.82, 2.24) is 9.80 Å². The van der Waals surface area contributed by atoms with E-state index in [0.29, 0.717) is 16.9 Å². The number of fused-ring (bicyclic) bond motifs is 2. The Balaban J connectivity index is 1.72. The van der Waals surface area contributed by atoms with Crippen molar-refractivity contribution in [2.24, 2.45) is 0 Å². The molecule has 1 atom stereocenters. The Morgan fingerprint density at radius 2 is 1.13 bits per heavy atom. The van der Waals surface area contributed by atoms with Crippen LogP contribution < -0.4 is 9.64 Å². The summed E-state index contributed by atoms with van der Waals surface area (Å²) in [6, 6.07) is 8.79. The lowest BCUT2D eigenvalue weighted by molar-refractivity contribution is -0.385. The average Bonchev–Trinajstić information content (AvgIpc) is 3.18. The SMILES string of the molecule is CN1c2cc(CN(CC(=O)OC(C)(C)C)CC(=O)OC(C)(C)C)ccc2C(C)(C)C12C=Cc1cc([N+](=O)[O-])cc(CN(CC(=O)OC(C)(C)C)CC(=O)OC(C)(C)C)c1O2. The smallest absolute Gasteiger partial charge is 0.320 e. The number of carbonyl (C=O) groups excluding carboxylic acids is 4. The van der Waals surface area contributed by atoms with Crippen LogP contribution in [0.3, 0.4) is 0 Å². The Bertz CT molecular complexity index is 1950. The van der Waals surface area contributed by atoms with E-state index in [9.17, 15) is 29.3 Å². The number of nitro groups is 1. The van der Waals surface area contributed by atoms with Crippen molar-refractivity contribution in [3.63, 3.8) is 0 Å². The molecule has 0 radical (unpaired) electrons. The molecule has 0 N–H and O–H groups in total. The first-order chi connectivity index (χ1) is 27.3. The van der Waals surface area contributed by atoms with Crippen molar-refractivity contribution in [1.29, 1.82) is 0 Å². The van der Waals surface area contributed by atoms with Crippen LogP contribution >= 0.6 is 0 Å². The van der Waals surface area contributed by atoms with Gasteiger partial charge in [-0.15, -0.1) is 0 Å². The molecule has 2 aliphatic rings. The van der Waals surface area contributed by atoms with Gasteiger partial charge in [0, 0.05) is 49.1 Å². The van der Waals surface area contributed by atoms with Gasteiger partial charge < -0.3 is 28.6 Å². The van der Waals surface area contributed by atoms with Crippen molar-refractivity contribution in [2.45, 2.75) is 144 Å². The third kappa shape index (κ3) is 12.3. The molecule has 15 heteroatoms. The van der Waals surface area contributed by atoms with Gasteiger partial charge in [0.1, 0.15) is 28.2 Å². The Hall–Kier alpha value is -5.02. The Labute approximate surface area is 354 Å². The second kappa shape index (κ2) is 17.2. The number of rotatable bonds is 13. The number of nitrogens with zero attached hydrogens (tertiary/aromatic N) is 4. The average molecular weight is 837 g/mol. The standard InChI is InChI=1S/C45H64N4O11/c1-40(2,3)56-35(50)25-47(26-36(51)57-41(4,5)6)23-29-16-17-33-34(20-29)46(15)45(44(33,13)14)19-18-30-21-32(49(54)55)22-31(39(30)60-45)24-48(27-37(52)58-42(7,8)9)28-38(53)59-43(10,11)12/h16-22H,23-28H2,1-15H3. The zero-order valence-electron chi connectivity index (χ0n) is 38.1. The number of anilines is 1. The molecule has 330 valence electrons. The van der Waals surface area contributed by atoms with Gasteiger partial charge in [-0.2, -0.15) is 0 Å². The summed E-state index contributed by atoms with van der Waals surface area (Å²) in [5.41, 5.74) is -1.59. The monoisotopic (exact) mass is 836 g/mol. The first-order valence-electron chi connectivity index (χ1n) is 20.2. The molecular formula is C45H64N4O11. The van der Waals surface area contributed by atoms with Crippen LogP contribution in [0.5, 0.6) is 5.75 Å². The molecule has 4 rings (SSSR count). The highest BCUT2D eigenvalue weighted by Gasteiger charge is 2.58. The van der Waals surface area contributed by atoms with Crippen LogP contribution in [0.15, 0.2) is 36.4 Å². The van der Waals surface area contributed by atoms with E-state index in [1.807, 2.05) is 50.1 Å². The summed E-state index contributed by atoms with van der Waals surface area (Å²) in [6.07, 6.45) is 3.69. The first kappa shape index (κ1) is 47.7. The summed E-state index contributed by atoms with van der Waals surface area (Å²) in [4.78, 5) is 69.2. The lowest BCUT2D eigenvalue weighted by Gasteiger charge is -2.46. The van der Waals surface area contributed by atoms with Crippen LogP contribution in [0.4, 0.5) is 11.4 Å². The molecule has 0 bridgehead atoms. The van der Waals surface area contributed by atoms with Gasteiger partial charge in [0.15, 0.2) is 0 Å². The van der Waals surface area contributed by atoms with Crippen molar-refractivity contribution >= 4 is 41.3 Å². The first-order valence-corrected chi connectivity index (χ1v) is 20.2. The second-order valence-corrected chi connectivity index (χ2v) is 20.1. The van der Waals surface area contributed by atoms with E-state index >= 15 is 0 Å². The predicted molar refractivity (Wildman–Crippen MR) is 227 cm³/mol. The van der Waals surface area contributed by atoms with Crippen molar-refractivity contribution in [3.8, 4) is 5.75 Å². The highest BCUT2D eigenvalue weighted by Crippen LogP contribution is 2.55. The highest BCUT2D eigenvalue weighted by atomic mass is 16.6. The van der Waals surface area contributed by atoms with Crippen molar-refractivity contribution in [3.05, 3.63) is 68.8 Å². The van der Waals surface area contributed by atoms with E-state index in [-0.39, 0.29) is 45.0 Å². The summed E-state index contributed by atoms with van der Waals surface area (Å²) >= 11 is 0. The maximum absolute atomic E-state index is 13.1. The quantitative estimate of drug-likeness (QED) is 0.0868. The van der Waals surface area contributed by atoms with Gasteiger partial charge >= 0.3 is 23.9 Å². The highest BCUT2D eigenvalue weighted by molar-refractivity contribution is 5.78. The Kier molecular flexibility index (Phi) is 13.6. The topological polar surface area (TPSA) is 167 Å². The number of benzene rings is 2. The molecule has 0 aromatic heterocycles. The van der Waals surface area contributed by atoms with Crippen molar-refractivity contribution in [2.75, 3.05) is 38.1 Å². The molecule has 2 aromatic rings. The van der Waals surface area contributed by atoms with Gasteiger partial charge in [-0.05, 0) is 126 Å². The number of ether oxygens (including phenoxy) is 5. The molecule has 0 fully saturated rings. The molecule has 2 aliphatic heterocycles. The van der Waals surface area contributed by atoms with E-state index in [1.54, 1.807) is 94.1 Å². The van der Waals surface area contributed by atoms with Gasteiger partial charge in [-0.3, -0.25) is 39.1 Å². The second-order valence-electron chi connectivity index (χ2n) is 20.1. The molecule has 15 nitrogen and oxygen atoms in total. The lowest BCUT2D eigenvalue weighted by atomic mass is 9.76. The van der Waals surface area contributed by atoms with Crippen LogP contribution in [0.25, 0.3) is 6.08 Å². The van der Waals surface area contributed by atoms with Crippen LogP contribution in [0.2, 0.25) is 0 Å². The zero-order valence-corrected chi connectivity index (χ0v) is 38.1. The maximum Gasteiger partial charge on any atom is 0.320 e. The molecule has 0 saturated carbocycles. The van der Waals surface area contributed by atoms with Gasteiger partial charge in [0.05, 0.1) is 36.5 Å². The van der Waals surface area contributed by atoms with Gasteiger partial charge in [0.2, 0.25) is 5.72 Å². The third-order valence-electron chi connectivity index (χ3n) is 9.52. The number of carbonyl (C=O) groups is 4. The fourth-order valence-electron chi connectivity index (χ4n) is 7.41. The van der Waals surface area contributed by atoms with Gasteiger partial charge in [0.25, 0.3) is 5.69 Å². The van der Waals surface area contributed by atoms with Crippen molar-refractivity contribution < 1.29 is 47.8 Å². The number of likely N-dealkylation sites (N-methyl/N-ethyl adjacent to an activating group) is 1. The van der Waals surface area contributed by atoms with E-state index in [2.05, 4.69) is 0 Å². The molecule has 1 spiro atoms. The molecule has 1 unspecified atom stereocenters. The van der Waals surface area contributed by atoms with Gasteiger partial charge in [-0.25, -0.2) is 0 Å². The number of non-ortho nitro benzene ring substituents is 1. The van der Waals surface area contributed by atoms with Gasteiger partial charge in [-0.1, -0.05) is 12.1 Å². The number of nitro benzene ring substituents is 1. The Morgan fingerprint density at radius 3 is 1.55 bits per heavy atom. The number of hydrogen-bond donors (Lipinski definition) is 0. The fraction of sp³-hybridized carbons (Fsp3) is 0.600. The minimum absolute atomic E-state index is 0.0845.